The third-order valence-electron chi connectivity index (χ3n) is 6.14. The molecule has 0 bridgehead atoms. The van der Waals surface area contributed by atoms with Crippen LogP contribution in [-0.4, -0.2) is 47.4 Å². The number of likely N-dealkylation sites (N-methyl/N-ethyl adjacent to an activating group) is 1. The second kappa shape index (κ2) is 5.59. The summed E-state index contributed by atoms with van der Waals surface area (Å²) in [4.78, 5) is 55.8. The summed E-state index contributed by atoms with van der Waals surface area (Å²) in [6.45, 7) is 0.171. The fourth-order valence-electron chi connectivity index (χ4n) is 4.92. The van der Waals surface area contributed by atoms with Crippen LogP contribution in [-0.2, 0) is 9.59 Å². The summed E-state index contributed by atoms with van der Waals surface area (Å²) in [6, 6.07) is 12.9. The third kappa shape index (κ3) is 1.86. The van der Waals surface area contributed by atoms with Gasteiger partial charge in [-0.15, -0.1) is 0 Å². The molecule has 0 saturated carbocycles. The van der Waals surface area contributed by atoms with Gasteiger partial charge in [0.1, 0.15) is 0 Å². The Bertz CT molecular complexity index is 1040. The summed E-state index contributed by atoms with van der Waals surface area (Å²) in [7, 11) is 1.63. The van der Waals surface area contributed by atoms with Crippen molar-refractivity contribution in [1.29, 1.82) is 0 Å². The van der Waals surface area contributed by atoms with Crippen molar-refractivity contribution in [2.45, 2.75) is 5.54 Å². The molecule has 2 heterocycles. The minimum atomic E-state index is -1.65. The SMILES string of the molecule is CN1CC2C(=O)N(c3ccc(Cl)cc3)C(=O)C2C12C(=O)c1ccccc1C2=O. The topological polar surface area (TPSA) is 74.8 Å². The van der Waals surface area contributed by atoms with E-state index in [1.165, 1.54) is 0 Å². The standard InChI is InChI=1S/C21H15ClN2O4/c1-23-10-15-16(20(28)24(19(15)27)12-8-6-11(22)7-9-12)21(23)17(25)13-4-2-3-5-14(13)18(21)26/h2-9,15-16H,10H2,1H3. The third-order valence-corrected chi connectivity index (χ3v) is 6.39. The Hall–Kier alpha value is -2.83. The molecule has 28 heavy (non-hydrogen) atoms. The molecule has 2 aliphatic heterocycles. The number of amides is 2. The molecule has 5 rings (SSSR count). The minimum Gasteiger partial charge on any atom is -0.291 e. The van der Waals surface area contributed by atoms with Gasteiger partial charge in [0.2, 0.25) is 11.8 Å². The lowest BCUT2D eigenvalue weighted by atomic mass is 9.77. The number of carbonyl (C=O) groups excluding carboxylic acids is 4. The monoisotopic (exact) mass is 394 g/mol. The average molecular weight is 395 g/mol. The van der Waals surface area contributed by atoms with Gasteiger partial charge in [0, 0.05) is 22.7 Å². The van der Waals surface area contributed by atoms with E-state index in [1.54, 1.807) is 60.5 Å². The second-order valence-electron chi connectivity index (χ2n) is 7.42. The smallest absolute Gasteiger partial charge is 0.240 e. The predicted molar refractivity (Wildman–Crippen MR) is 101 cm³/mol. The van der Waals surface area contributed by atoms with Gasteiger partial charge in [-0.3, -0.25) is 24.1 Å². The van der Waals surface area contributed by atoms with E-state index < -0.39 is 40.8 Å². The molecule has 1 aliphatic carbocycles. The normalized spacial score (nSPS) is 25.7. The van der Waals surface area contributed by atoms with E-state index in [2.05, 4.69) is 0 Å². The Morgan fingerprint density at radius 1 is 0.893 bits per heavy atom. The van der Waals surface area contributed by atoms with Crippen LogP contribution in [0.2, 0.25) is 5.02 Å². The maximum Gasteiger partial charge on any atom is 0.240 e. The first-order valence-electron chi connectivity index (χ1n) is 8.92. The van der Waals surface area contributed by atoms with Gasteiger partial charge in [0.05, 0.1) is 17.5 Å². The van der Waals surface area contributed by atoms with Crippen LogP contribution in [0.5, 0.6) is 0 Å². The van der Waals surface area contributed by atoms with Gasteiger partial charge in [0.25, 0.3) is 0 Å². The Balaban J connectivity index is 1.65. The number of anilines is 1. The van der Waals surface area contributed by atoms with Crippen LogP contribution >= 0.6 is 11.6 Å². The lowest BCUT2D eigenvalue weighted by molar-refractivity contribution is -0.123. The van der Waals surface area contributed by atoms with E-state index >= 15 is 0 Å². The second-order valence-corrected chi connectivity index (χ2v) is 7.86. The number of Topliss-reactive ketones (excluding diaryl/α,β-unsaturated/α-hetero) is 2. The fraction of sp³-hybridized carbons (Fsp3) is 0.238. The Labute approximate surface area is 165 Å². The Morgan fingerprint density at radius 2 is 1.46 bits per heavy atom. The van der Waals surface area contributed by atoms with Crippen LogP contribution in [0.25, 0.3) is 0 Å². The Kier molecular flexibility index (Phi) is 3.45. The van der Waals surface area contributed by atoms with Crippen LogP contribution in [0, 0.1) is 11.8 Å². The fourth-order valence-corrected chi connectivity index (χ4v) is 5.05. The molecular weight excluding hydrogens is 380 g/mol. The largest absolute Gasteiger partial charge is 0.291 e. The van der Waals surface area contributed by atoms with E-state index in [9.17, 15) is 19.2 Å². The summed E-state index contributed by atoms with van der Waals surface area (Å²) in [6.07, 6.45) is 0. The van der Waals surface area contributed by atoms with Crippen LogP contribution in [0.15, 0.2) is 48.5 Å². The molecule has 2 amide bonds. The maximum atomic E-state index is 13.4. The first-order valence-corrected chi connectivity index (χ1v) is 9.30. The molecule has 1 spiro atoms. The molecule has 2 atom stereocenters. The van der Waals surface area contributed by atoms with E-state index in [4.69, 9.17) is 11.6 Å². The van der Waals surface area contributed by atoms with Crippen LogP contribution in [0.3, 0.4) is 0 Å². The van der Waals surface area contributed by atoms with Crippen LogP contribution in [0.1, 0.15) is 20.7 Å². The predicted octanol–water partition coefficient (Wildman–Crippen LogP) is 2.21. The lowest BCUT2D eigenvalue weighted by Gasteiger charge is -2.32. The molecule has 2 fully saturated rings. The molecule has 0 N–H and O–H groups in total. The minimum absolute atomic E-state index is 0.171. The molecule has 6 nitrogen and oxygen atoms in total. The quantitative estimate of drug-likeness (QED) is 0.547. The summed E-state index contributed by atoms with van der Waals surface area (Å²) in [5.74, 6) is -3.48. The summed E-state index contributed by atoms with van der Waals surface area (Å²) < 4.78 is 0. The molecule has 2 unspecified atom stereocenters. The number of halogens is 1. The first kappa shape index (κ1) is 17.3. The van der Waals surface area contributed by atoms with Crippen molar-refractivity contribution < 1.29 is 19.2 Å². The molecular formula is C21H15ClN2O4. The van der Waals surface area contributed by atoms with Gasteiger partial charge in [-0.1, -0.05) is 35.9 Å². The summed E-state index contributed by atoms with van der Waals surface area (Å²) in [5.41, 5.74) is -0.639. The van der Waals surface area contributed by atoms with Gasteiger partial charge in [0.15, 0.2) is 17.1 Å². The number of benzene rings is 2. The van der Waals surface area contributed by atoms with E-state index in [0.29, 0.717) is 21.8 Å². The van der Waals surface area contributed by atoms with Crippen molar-refractivity contribution >= 4 is 40.7 Å². The number of carbonyl (C=O) groups is 4. The number of hydrogen-bond acceptors (Lipinski definition) is 5. The van der Waals surface area contributed by atoms with Crippen molar-refractivity contribution in [2.75, 3.05) is 18.5 Å². The number of nitrogens with zero attached hydrogens (tertiary/aromatic N) is 2. The highest BCUT2D eigenvalue weighted by atomic mass is 35.5. The van der Waals surface area contributed by atoms with Crippen molar-refractivity contribution in [1.82, 2.24) is 4.90 Å². The summed E-state index contributed by atoms with van der Waals surface area (Å²) >= 11 is 5.91. The molecule has 2 saturated heterocycles. The Morgan fingerprint density at radius 3 is 2.04 bits per heavy atom. The number of fused-ring (bicyclic) bond motifs is 3. The highest BCUT2D eigenvalue weighted by molar-refractivity contribution is 6.37. The number of rotatable bonds is 1. The number of hydrogen-bond donors (Lipinski definition) is 0. The van der Waals surface area contributed by atoms with Gasteiger partial charge in [-0.25, -0.2) is 4.90 Å². The molecule has 140 valence electrons. The van der Waals surface area contributed by atoms with E-state index in [-0.39, 0.29) is 6.54 Å². The molecule has 7 heteroatoms. The van der Waals surface area contributed by atoms with E-state index in [0.717, 1.165) is 4.90 Å². The van der Waals surface area contributed by atoms with Crippen molar-refractivity contribution in [3.05, 3.63) is 64.7 Å². The van der Waals surface area contributed by atoms with Crippen molar-refractivity contribution in [3.8, 4) is 0 Å². The number of likely N-dealkylation sites (tertiary alicyclic amines) is 1. The van der Waals surface area contributed by atoms with Crippen molar-refractivity contribution in [3.63, 3.8) is 0 Å². The van der Waals surface area contributed by atoms with Gasteiger partial charge in [-0.2, -0.15) is 0 Å². The van der Waals surface area contributed by atoms with Crippen molar-refractivity contribution in [2.24, 2.45) is 11.8 Å². The zero-order valence-corrected chi connectivity index (χ0v) is 15.6. The lowest BCUT2D eigenvalue weighted by Crippen LogP contribution is -2.58. The molecule has 0 radical (unpaired) electrons. The number of ketones is 2. The molecule has 3 aliphatic rings. The highest BCUT2D eigenvalue weighted by Crippen LogP contribution is 2.51. The average Bonchev–Trinajstić information content (AvgIpc) is 3.21. The molecule has 2 aromatic rings. The number of imide groups is 1. The summed E-state index contributed by atoms with van der Waals surface area (Å²) in [5, 5.41) is 0.482. The first-order chi connectivity index (χ1) is 13.4. The van der Waals surface area contributed by atoms with Gasteiger partial charge >= 0.3 is 0 Å². The molecule has 2 aromatic carbocycles. The maximum absolute atomic E-state index is 13.4. The molecule has 0 aromatic heterocycles. The van der Waals surface area contributed by atoms with Crippen LogP contribution in [0.4, 0.5) is 5.69 Å². The van der Waals surface area contributed by atoms with E-state index in [1.807, 2.05) is 0 Å². The van der Waals surface area contributed by atoms with Gasteiger partial charge in [-0.05, 0) is 31.3 Å². The zero-order chi connectivity index (χ0) is 19.8. The zero-order valence-electron chi connectivity index (χ0n) is 14.9. The highest BCUT2D eigenvalue weighted by Gasteiger charge is 2.72. The van der Waals surface area contributed by atoms with Crippen LogP contribution < -0.4 is 4.90 Å². The van der Waals surface area contributed by atoms with Gasteiger partial charge < -0.3 is 0 Å².